The third-order valence-corrected chi connectivity index (χ3v) is 3.72. The smallest absolute Gasteiger partial charge is 0.331 e. The Morgan fingerprint density at radius 3 is 2.54 bits per heavy atom. The zero-order valence-corrected chi connectivity index (χ0v) is 13.9. The highest BCUT2D eigenvalue weighted by Crippen LogP contribution is 2.27. The zero-order valence-electron chi connectivity index (χ0n) is 13.1. The van der Waals surface area contributed by atoms with Crippen molar-refractivity contribution in [1.82, 2.24) is 9.13 Å². The quantitative estimate of drug-likeness (QED) is 0.892. The van der Waals surface area contributed by atoms with Gasteiger partial charge in [0.15, 0.2) is 0 Å². The van der Waals surface area contributed by atoms with Crippen LogP contribution in [0.25, 0.3) is 11.1 Å². The summed E-state index contributed by atoms with van der Waals surface area (Å²) in [5.41, 5.74) is -1.28. The average Bonchev–Trinajstić information content (AvgIpc) is 2.49. The van der Waals surface area contributed by atoms with E-state index in [2.05, 4.69) is 0 Å². The minimum Gasteiger partial charge on any atom is -0.480 e. The number of carbonyl (C=O) groups is 1. The number of rotatable bonds is 5. The Morgan fingerprint density at radius 2 is 1.96 bits per heavy atom. The number of aromatic nitrogens is 2. The predicted molar refractivity (Wildman–Crippen MR) is 87.8 cm³/mol. The van der Waals surface area contributed by atoms with Crippen molar-refractivity contribution in [3.05, 3.63) is 56.1 Å². The third kappa shape index (κ3) is 3.56. The van der Waals surface area contributed by atoms with Crippen molar-refractivity contribution in [2.75, 3.05) is 0 Å². The molecule has 0 unspecified atom stereocenters. The van der Waals surface area contributed by atoms with Gasteiger partial charge in [0.2, 0.25) is 0 Å². The fraction of sp³-hybridized carbons (Fsp3) is 0.312. The lowest BCUT2D eigenvalue weighted by atomic mass is 10.1. The Bertz CT molecular complexity index is 902. The van der Waals surface area contributed by atoms with E-state index in [1.54, 1.807) is 0 Å². The van der Waals surface area contributed by atoms with Crippen molar-refractivity contribution in [2.24, 2.45) is 5.92 Å². The van der Waals surface area contributed by atoms with Crippen molar-refractivity contribution >= 4 is 17.6 Å². The molecule has 0 radical (unpaired) electrons. The molecule has 0 fully saturated rings. The van der Waals surface area contributed by atoms with Crippen LogP contribution in [0.1, 0.15) is 13.8 Å². The highest BCUT2D eigenvalue weighted by atomic mass is 35.5. The molecule has 2 rings (SSSR count). The van der Waals surface area contributed by atoms with E-state index in [1.165, 1.54) is 12.1 Å². The lowest BCUT2D eigenvalue weighted by molar-refractivity contribution is -0.137. The number of aliphatic carboxylic acids is 1. The fourth-order valence-corrected chi connectivity index (χ4v) is 2.56. The van der Waals surface area contributed by atoms with Crippen LogP contribution in [0.3, 0.4) is 0 Å². The number of nitrogens with zero attached hydrogens (tertiary/aromatic N) is 2. The minimum atomic E-state index is -1.23. The van der Waals surface area contributed by atoms with Gasteiger partial charge in [0.1, 0.15) is 12.4 Å². The van der Waals surface area contributed by atoms with Crippen molar-refractivity contribution in [3.63, 3.8) is 0 Å². The van der Waals surface area contributed by atoms with E-state index in [0.29, 0.717) is 0 Å². The van der Waals surface area contributed by atoms with Gasteiger partial charge in [-0.25, -0.2) is 9.18 Å². The van der Waals surface area contributed by atoms with Gasteiger partial charge in [0.25, 0.3) is 5.56 Å². The molecule has 1 aromatic carbocycles. The van der Waals surface area contributed by atoms with Gasteiger partial charge in [-0.2, -0.15) is 0 Å². The van der Waals surface area contributed by atoms with Crippen LogP contribution in [0.15, 0.2) is 34.0 Å². The summed E-state index contributed by atoms with van der Waals surface area (Å²) in [5.74, 6) is -1.96. The van der Waals surface area contributed by atoms with Gasteiger partial charge in [0, 0.05) is 18.3 Å². The van der Waals surface area contributed by atoms with Crippen molar-refractivity contribution in [1.29, 1.82) is 0 Å². The van der Waals surface area contributed by atoms with Crippen LogP contribution >= 0.6 is 11.6 Å². The predicted octanol–water partition coefficient (Wildman–Crippen LogP) is 2.21. The Kier molecular flexibility index (Phi) is 5.23. The van der Waals surface area contributed by atoms with E-state index < -0.39 is 29.6 Å². The van der Waals surface area contributed by atoms with Gasteiger partial charge in [-0.3, -0.25) is 18.7 Å². The minimum absolute atomic E-state index is 0.0214. The molecular formula is C16H16ClFN2O4. The number of benzene rings is 1. The lowest BCUT2D eigenvalue weighted by Crippen LogP contribution is -2.42. The standard InChI is InChI=1S/C16H16ClFN2O4/c1-9(2)6-20-15(23)11(7-19(16(20)24)8-13(21)22)10-4-3-5-12(18)14(10)17/h3-5,7,9H,6,8H2,1-2H3,(H,21,22). The van der Waals surface area contributed by atoms with E-state index in [4.69, 9.17) is 16.7 Å². The van der Waals surface area contributed by atoms with Crippen molar-refractivity contribution < 1.29 is 14.3 Å². The van der Waals surface area contributed by atoms with Gasteiger partial charge in [-0.05, 0) is 12.0 Å². The molecule has 0 atom stereocenters. The van der Waals surface area contributed by atoms with Gasteiger partial charge in [-0.1, -0.05) is 37.6 Å². The molecule has 1 N–H and O–H groups in total. The Balaban J connectivity index is 2.80. The molecule has 0 bridgehead atoms. The maximum Gasteiger partial charge on any atom is 0.331 e. The molecular weight excluding hydrogens is 339 g/mol. The van der Waals surface area contributed by atoms with E-state index >= 15 is 0 Å². The first-order chi connectivity index (χ1) is 11.2. The molecule has 0 aliphatic heterocycles. The first-order valence-corrected chi connectivity index (χ1v) is 7.60. The summed E-state index contributed by atoms with van der Waals surface area (Å²) in [7, 11) is 0. The number of hydrogen-bond donors (Lipinski definition) is 1. The average molecular weight is 355 g/mol. The topological polar surface area (TPSA) is 81.3 Å². The molecule has 1 heterocycles. The van der Waals surface area contributed by atoms with Crippen molar-refractivity contribution in [3.8, 4) is 11.1 Å². The molecule has 0 aliphatic rings. The highest BCUT2D eigenvalue weighted by Gasteiger charge is 2.18. The van der Waals surface area contributed by atoms with Crippen LogP contribution in [0.2, 0.25) is 5.02 Å². The largest absolute Gasteiger partial charge is 0.480 e. The molecule has 8 heteroatoms. The van der Waals surface area contributed by atoms with Crippen LogP contribution in [-0.4, -0.2) is 20.2 Å². The van der Waals surface area contributed by atoms with E-state index in [9.17, 15) is 18.8 Å². The normalized spacial score (nSPS) is 11.0. The van der Waals surface area contributed by atoms with Gasteiger partial charge in [-0.15, -0.1) is 0 Å². The summed E-state index contributed by atoms with van der Waals surface area (Å²) in [6.45, 7) is 3.12. The summed E-state index contributed by atoms with van der Waals surface area (Å²) in [5, 5.41) is 8.70. The SMILES string of the molecule is CC(C)Cn1c(=O)c(-c2cccc(F)c2Cl)cn(CC(=O)O)c1=O. The summed E-state index contributed by atoms with van der Waals surface area (Å²) in [6, 6.07) is 3.97. The molecule has 0 spiro atoms. The molecule has 0 saturated carbocycles. The summed E-state index contributed by atoms with van der Waals surface area (Å²) >= 11 is 5.93. The van der Waals surface area contributed by atoms with E-state index in [1.807, 2.05) is 13.8 Å². The molecule has 0 saturated heterocycles. The van der Waals surface area contributed by atoms with Crippen LogP contribution < -0.4 is 11.2 Å². The van der Waals surface area contributed by atoms with Crippen LogP contribution in [0.5, 0.6) is 0 Å². The lowest BCUT2D eigenvalue weighted by Gasteiger charge is -2.14. The molecule has 24 heavy (non-hydrogen) atoms. The summed E-state index contributed by atoms with van der Waals surface area (Å²) in [4.78, 5) is 36.0. The number of carboxylic acids is 1. The first kappa shape index (κ1) is 17.9. The maximum absolute atomic E-state index is 13.7. The molecule has 6 nitrogen and oxygen atoms in total. The Hall–Kier alpha value is -2.41. The summed E-state index contributed by atoms with van der Waals surface area (Å²) < 4.78 is 15.5. The first-order valence-electron chi connectivity index (χ1n) is 7.22. The number of halogens is 2. The van der Waals surface area contributed by atoms with E-state index in [-0.39, 0.29) is 28.6 Å². The summed E-state index contributed by atoms with van der Waals surface area (Å²) in [6.07, 6.45) is 1.11. The monoisotopic (exact) mass is 354 g/mol. The molecule has 1 aromatic heterocycles. The fourth-order valence-electron chi connectivity index (χ4n) is 2.34. The Morgan fingerprint density at radius 1 is 1.29 bits per heavy atom. The molecule has 128 valence electrons. The molecule has 2 aromatic rings. The van der Waals surface area contributed by atoms with Crippen LogP contribution in [-0.2, 0) is 17.9 Å². The third-order valence-electron chi connectivity index (χ3n) is 3.33. The van der Waals surface area contributed by atoms with Crippen molar-refractivity contribution in [2.45, 2.75) is 26.9 Å². The molecule has 0 amide bonds. The second-order valence-corrected chi connectivity index (χ2v) is 6.14. The van der Waals surface area contributed by atoms with Gasteiger partial charge >= 0.3 is 11.7 Å². The number of carboxylic acid groups (broad SMARTS) is 1. The molecule has 0 aliphatic carbocycles. The maximum atomic E-state index is 13.7. The van der Waals surface area contributed by atoms with Gasteiger partial charge < -0.3 is 5.11 Å². The number of hydrogen-bond acceptors (Lipinski definition) is 3. The van der Waals surface area contributed by atoms with Crippen LogP contribution in [0.4, 0.5) is 4.39 Å². The van der Waals surface area contributed by atoms with Crippen LogP contribution in [0, 0.1) is 11.7 Å². The second-order valence-electron chi connectivity index (χ2n) is 5.76. The van der Waals surface area contributed by atoms with E-state index in [0.717, 1.165) is 21.4 Å². The second kappa shape index (κ2) is 7.00. The zero-order chi connectivity index (χ0) is 18.0. The highest BCUT2D eigenvalue weighted by molar-refractivity contribution is 6.33. The van der Waals surface area contributed by atoms with Gasteiger partial charge in [0.05, 0.1) is 10.6 Å². The Labute approximate surface area is 141 Å².